The van der Waals surface area contributed by atoms with E-state index in [4.69, 9.17) is 9.95 Å². The number of hydrogen-bond donors (Lipinski definition) is 0. The van der Waals surface area contributed by atoms with Crippen molar-refractivity contribution in [2.45, 2.75) is 25.3 Å². The Kier molecular flexibility index (Phi) is 1.76. The summed E-state index contributed by atoms with van der Waals surface area (Å²) in [6.45, 7) is 0. The fraction of sp³-hybridized carbons (Fsp3) is 0.500. The first-order chi connectivity index (χ1) is 5.92. The summed E-state index contributed by atoms with van der Waals surface area (Å²) in [5.74, 6) is 0.860. The van der Waals surface area contributed by atoms with Gasteiger partial charge in [0.2, 0.25) is 0 Å². The Balaban J connectivity index is 2.37. The highest BCUT2D eigenvalue weighted by Gasteiger charge is 2.21. The maximum absolute atomic E-state index is 8.30. The summed E-state index contributed by atoms with van der Waals surface area (Å²) < 4.78 is 5.26. The molecule has 0 amide bonds. The van der Waals surface area contributed by atoms with E-state index in [1.54, 1.807) is 6.26 Å². The minimum atomic E-state index is -0.0752. The van der Waals surface area contributed by atoms with Crippen LogP contribution in [0.25, 0.3) is 10.4 Å². The smallest absolute Gasteiger partial charge is 0.115 e. The van der Waals surface area contributed by atoms with Gasteiger partial charge in [-0.15, -0.1) is 0 Å². The summed E-state index contributed by atoms with van der Waals surface area (Å²) in [4.78, 5) is 2.80. The third-order valence-corrected chi connectivity index (χ3v) is 2.20. The van der Waals surface area contributed by atoms with Gasteiger partial charge in [-0.25, -0.2) is 0 Å². The van der Waals surface area contributed by atoms with E-state index in [-0.39, 0.29) is 6.04 Å². The zero-order chi connectivity index (χ0) is 8.39. The number of nitrogens with zero attached hydrogens (tertiary/aromatic N) is 3. The summed E-state index contributed by atoms with van der Waals surface area (Å²) >= 11 is 0. The average Bonchev–Trinajstić information content (AvgIpc) is 2.53. The summed E-state index contributed by atoms with van der Waals surface area (Å²) in [7, 11) is 0. The molecule has 1 unspecified atom stereocenters. The molecule has 1 aliphatic rings. The molecule has 62 valence electrons. The van der Waals surface area contributed by atoms with Gasteiger partial charge in [-0.3, -0.25) is 0 Å². The Morgan fingerprint density at radius 1 is 1.67 bits per heavy atom. The number of hydrogen-bond acceptors (Lipinski definition) is 2. The SMILES string of the molecule is [N-]=[N+]=NC1CCCc2ccoc21. The third-order valence-electron chi connectivity index (χ3n) is 2.20. The molecule has 0 bridgehead atoms. The highest BCUT2D eigenvalue weighted by Crippen LogP contribution is 2.33. The molecule has 0 spiro atoms. The van der Waals surface area contributed by atoms with Crippen molar-refractivity contribution in [1.29, 1.82) is 0 Å². The molecule has 4 heteroatoms. The molecule has 0 aliphatic heterocycles. The van der Waals surface area contributed by atoms with E-state index in [2.05, 4.69) is 10.0 Å². The largest absolute Gasteiger partial charge is 0.469 e. The predicted octanol–water partition coefficient (Wildman–Crippen LogP) is 2.97. The molecule has 1 aromatic rings. The fourth-order valence-electron chi connectivity index (χ4n) is 1.64. The van der Waals surface area contributed by atoms with Gasteiger partial charge < -0.3 is 4.42 Å². The molecular formula is C8H9N3O. The lowest BCUT2D eigenvalue weighted by Crippen LogP contribution is -2.04. The van der Waals surface area contributed by atoms with Gasteiger partial charge in [-0.2, -0.15) is 0 Å². The zero-order valence-corrected chi connectivity index (χ0v) is 6.60. The van der Waals surface area contributed by atoms with Crippen molar-refractivity contribution in [3.63, 3.8) is 0 Å². The van der Waals surface area contributed by atoms with Crippen molar-refractivity contribution in [1.82, 2.24) is 0 Å². The molecule has 0 fully saturated rings. The average molecular weight is 163 g/mol. The van der Waals surface area contributed by atoms with E-state index in [9.17, 15) is 0 Å². The van der Waals surface area contributed by atoms with Crippen molar-refractivity contribution in [2.24, 2.45) is 5.11 Å². The molecule has 4 nitrogen and oxygen atoms in total. The van der Waals surface area contributed by atoms with E-state index in [0.717, 1.165) is 25.0 Å². The van der Waals surface area contributed by atoms with Crippen molar-refractivity contribution in [2.75, 3.05) is 0 Å². The molecule has 1 aliphatic carbocycles. The quantitative estimate of drug-likeness (QED) is 0.356. The van der Waals surface area contributed by atoms with Gasteiger partial charge in [0.05, 0.1) is 12.3 Å². The summed E-state index contributed by atoms with van der Waals surface area (Å²) in [5.41, 5.74) is 9.49. The lowest BCUT2D eigenvalue weighted by atomic mass is 9.95. The summed E-state index contributed by atoms with van der Waals surface area (Å²) in [6, 6.07) is 1.88. The third kappa shape index (κ3) is 1.06. The standard InChI is InChI=1S/C8H9N3O/c9-11-10-7-3-1-2-6-4-5-12-8(6)7/h4-5,7H,1-3H2. The minimum Gasteiger partial charge on any atom is -0.469 e. The minimum absolute atomic E-state index is 0.0752. The molecule has 1 atom stereocenters. The number of rotatable bonds is 1. The molecule has 1 heterocycles. The van der Waals surface area contributed by atoms with Gasteiger partial charge in [0.25, 0.3) is 0 Å². The highest BCUT2D eigenvalue weighted by atomic mass is 16.3. The van der Waals surface area contributed by atoms with Crippen LogP contribution in [0.2, 0.25) is 0 Å². The second-order valence-electron chi connectivity index (χ2n) is 2.92. The summed E-state index contributed by atoms with van der Waals surface area (Å²) in [5, 5.41) is 3.68. The van der Waals surface area contributed by atoms with E-state index in [1.165, 1.54) is 5.56 Å². The summed E-state index contributed by atoms with van der Waals surface area (Å²) in [6.07, 6.45) is 4.69. The fourth-order valence-corrected chi connectivity index (χ4v) is 1.64. The molecule has 0 radical (unpaired) electrons. The van der Waals surface area contributed by atoms with Crippen LogP contribution in [0.1, 0.15) is 30.2 Å². The van der Waals surface area contributed by atoms with Crippen LogP contribution in [0, 0.1) is 0 Å². The van der Waals surface area contributed by atoms with Crippen LogP contribution in [-0.2, 0) is 6.42 Å². The Bertz CT molecular complexity index is 325. The van der Waals surface area contributed by atoms with Crippen molar-refractivity contribution in [3.8, 4) is 0 Å². The van der Waals surface area contributed by atoms with E-state index < -0.39 is 0 Å². The Morgan fingerprint density at radius 2 is 2.58 bits per heavy atom. The van der Waals surface area contributed by atoms with Crippen molar-refractivity contribution in [3.05, 3.63) is 34.1 Å². The first-order valence-electron chi connectivity index (χ1n) is 4.02. The molecule has 12 heavy (non-hydrogen) atoms. The van der Waals surface area contributed by atoms with Crippen molar-refractivity contribution >= 4 is 0 Å². The Morgan fingerprint density at radius 3 is 3.42 bits per heavy atom. The second-order valence-corrected chi connectivity index (χ2v) is 2.92. The van der Waals surface area contributed by atoms with Crippen LogP contribution in [0.4, 0.5) is 0 Å². The van der Waals surface area contributed by atoms with Crippen LogP contribution in [0.15, 0.2) is 21.9 Å². The molecule has 1 aromatic heterocycles. The molecule has 2 rings (SSSR count). The Labute approximate surface area is 69.8 Å². The predicted molar refractivity (Wildman–Crippen MR) is 43.5 cm³/mol. The molecule has 0 aromatic carbocycles. The van der Waals surface area contributed by atoms with Crippen LogP contribution in [0.5, 0.6) is 0 Å². The van der Waals surface area contributed by atoms with Gasteiger partial charge in [0, 0.05) is 4.91 Å². The lowest BCUT2D eigenvalue weighted by molar-refractivity contribution is 0.422. The molecule has 0 N–H and O–H groups in total. The number of furan rings is 1. The van der Waals surface area contributed by atoms with Crippen LogP contribution in [0.3, 0.4) is 0 Å². The molecular weight excluding hydrogens is 154 g/mol. The van der Waals surface area contributed by atoms with E-state index >= 15 is 0 Å². The van der Waals surface area contributed by atoms with Gasteiger partial charge in [-0.05, 0) is 36.4 Å². The molecule has 0 saturated heterocycles. The number of azide groups is 1. The second kappa shape index (κ2) is 2.91. The van der Waals surface area contributed by atoms with Gasteiger partial charge >= 0.3 is 0 Å². The van der Waals surface area contributed by atoms with Gasteiger partial charge in [0.1, 0.15) is 5.76 Å². The topological polar surface area (TPSA) is 61.9 Å². The number of aryl methyl sites for hydroxylation is 1. The number of fused-ring (bicyclic) bond motifs is 1. The highest BCUT2D eigenvalue weighted by molar-refractivity contribution is 5.23. The first kappa shape index (κ1) is 7.25. The molecule has 0 saturated carbocycles. The van der Waals surface area contributed by atoms with Crippen LogP contribution < -0.4 is 0 Å². The monoisotopic (exact) mass is 163 g/mol. The Hall–Kier alpha value is -1.41. The van der Waals surface area contributed by atoms with Crippen molar-refractivity contribution < 1.29 is 4.42 Å². The van der Waals surface area contributed by atoms with Gasteiger partial charge in [-0.1, -0.05) is 5.11 Å². The van der Waals surface area contributed by atoms with E-state index in [1.807, 2.05) is 6.07 Å². The normalized spacial score (nSPS) is 21.2. The van der Waals surface area contributed by atoms with Crippen LogP contribution >= 0.6 is 0 Å². The lowest BCUT2D eigenvalue weighted by Gasteiger charge is -2.15. The maximum Gasteiger partial charge on any atom is 0.115 e. The van der Waals surface area contributed by atoms with E-state index in [0.29, 0.717) is 0 Å². The van der Waals surface area contributed by atoms with Crippen LogP contribution in [-0.4, -0.2) is 0 Å². The zero-order valence-electron chi connectivity index (χ0n) is 6.60. The maximum atomic E-state index is 8.30. The van der Waals surface area contributed by atoms with Gasteiger partial charge in [0.15, 0.2) is 0 Å². The first-order valence-corrected chi connectivity index (χ1v) is 4.02.